The van der Waals surface area contributed by atoms with Crippen LogP contribution in [-0.2, 0) is 17.1 Å². The molecular weight excluding hydrogens is 298 g/mol. The fraction of sp³-hybridized carbons (Fsp3) is 0.312. The van der Waals surface area contributed by atoms with Gasteiger partial charge in [0.1, 0.15) is 11.8 Å². The fourth-order valence-corrected chi connectivity index (χ4v) is 3.60. The van der Waals surface area contributed by atoms with Crippen LogP contribution in [0.5, 0.6) is 0 Å². The van der Waals surface area contributed by atoms with E-state index in [-0.39, 0.29) is 4.90 Å². The summed E-state index contributed by atoms with van der Waals surface area (Å²) in [6.45, 7) is 5.39. The number of nitriles is 1. The van der Waals surface area contributed by atoms with Gasteiger partial charge in [-0.3, -0.25) is 0 Å². The molecule has 0 amide bonds. The molecule has 0 radical (unpaired) electrons. The standard InChI is InChI=1S/C16H19N3O2S/c1-16(2,3)18-22(20,21)14-8-5-12(6-9-14)15-10-7-13(11-17)19(15)4/h5-10,18H,1-4H3. The molecule has 1 aromatic carbocycles. The van der Waals surface area contributed by atoms with Crippen molar-refractivity contribution in [2.24, 2.45) is 7.05 Å². The van der Waals surface area contributed by atoms with Gasteiger partial charge in [-0.2, -0.15) is 5.26 Å². The molecule has 1 N–H and O–H groups in total. The third kappa shape index (κ3) is 3.38. The topological polar surface area (TPSA) is 74.9 Å². The molecule has 0 saturated carbocycles. The van der Waals surface area contributed by atoms with Crippen LogP contribution < -0.4 is 4.72 Å². The molecule has 116 valence electrons. The Morgan fingerprint density at radius 1 is 1.09 bits per heavy atom. The van der Waals surface area contributed by atoms with Gasteiger partial charge >= 0.3 is 0 Å². The molecule has 0 fully saturated rings. The maximum absolute atomic E-state index is 12.3. The van der Waals surface area contributed by atoms with Gasteiger partial charge in [-0.05, 0) is 50.6 Å². The number of nitrogens with zero attached hydrogens (tertiary/aromatic N) is 2. The third-order valence-electron chi connectivity index (χ3n) is 3.14. The second-order valence-corrected chi connectivity index (χ2v) is 7.84. The molecule has 0 atom stereocenters. The molecule has 0 aliphatic heterocycles. The predicted octanol–water partition coefficient (Wildman–Crippen LogP) is 2.64. The molecule has 6 heteroatoms. The summed E-state index contributed by atoms with van der Waals surface area (Å²) in [5.41, 5.74) is 1.75. The summed E-state index contributed by atoms with van der Waals surface area (Å²) in [5, 5.41) is 8.98. The van der Waals surface area contributed by atoms with Crippen molar-refractivity contribution >= 4 is 10.0 Å². The number of aromatic nitrogens is 1. The molecule has 0 aliphatic rings. The zero-order valence-electron chi connectivity index (χ0n) is 13.1. The zero-order valence-corrected chi connectivity index (χ0v) is 13.9. The quantitative estimate of drug-likeness (QED) is 0.945. The van der Waals surface area contributed by atoms with E-state index < -0.39 is 15.6 Å². The molecule has 0 spiro atoms. The van der Waals surface area contributed by atoms with Crippen LogP contribution in [-0.4, -0.2) is 18.5 Å². The van der Waals surface area contributed by atoms with Crippen molar-refractivity contribution in [3.8, 4) is 17.3 Å². The SMILES string of the molecule is Cn1c(C#N)ccc1-c1ccc(S(=O)(=O)NC(C)(C)C)cc1. The maximum Gasteiger partial charge on any atom is 0.241 e. The van der Waals surface area contributed by atoms with E-state index in [9.17, 15) is 8.42 Å². The average molecular weight is 317 g/mol. The molecule has 1 aromatic heterocycles. The summed E-state index contributed by atoms with van der Waals surface area (Å²) in [6.07, 6.45) is 0. The molecule has 2 aromatic rings. The lowest BCUT2D eigenvalue weighted by molar-refractivity contribution is 0.491. The lowest BCUT2D eigenvalue weighted by Gasteiger charge is -2.20. The van der Waals surface area contributed by atoms with Crippen molar-refractivity contribution in [2.45, 2.75) is 31.2 Å². The zero-order chi connectivity index (χ0) is 16.5. The first-order valence-electron chi connectivity index (χ1n) is 6.84. The smallest absolute Gasteiger partial charge is 0.241 e. The second-order valence-electron chi connectivity index (χ2n) is 6.15. The Kier molecular flexibility index (Phi) is 4.14. The van der Waals surface area contributed by atoms with Gasteiger partial charge in [0.25, 0.3) is 0 Å². The van der Waals surface area contributed by atoms with E-state index in [0.29, 0.717) is 5.69 Å². The summed E-state index contributed by atoms with van der Waals surface area (Å²) in [4.78, 5) is 0.223. The van der Waals surface area contributed by atoms with Crippen molar-refractivity contribution in [3.63, 3.8) is 0 Å². The van der Waals surface area contributed by atoms with Crippen LogP contribution >= 0.6 is 0 Å². The number of sulfonamides is 1. The number of hydrogen-bond acceptors (Lipinski definition) is 3. The van der Waals surface area contributed by atoms with Gasteiger partial charge in [0.05, 0.1) is 4.90 Å². The number of nitrogens with one attached hydrogen (secondary N) is 1. The van der Waals surface area contributed by atoms with Crippen LogP contribution in [0.15, 0.2) is 41.3 Å². The van der Waals surface area contributed by atoms with Crippen LogP contribution in [0.2, 0.25) is 0 Å². The van der Waals surface area contributed by atoms with Gasteiger partial charge in [0, 0.05) is 18.3 Å². The molecule has 5 nitrogen and oxygen atoms in total. The Balaban J connectivity index is 2.35. The molecule has 0 saturated heterocycles. The van der Waals surface area contributed by atoms with Gasteiger partial charge in [-0.25, -0.2) is 13.1 Å². The van der Waals surface area contributed by atoms with E-state index in [1.54, 1.807) is 62.7 Å². The number of benzene rings is 1. The molecule has 1 heterocycles. The molecule has 2 rings (SSSR count). The first-order valence-corrected chi connectivity index (χ1v) is 8.32. The Hall–Kier alpha value is -2.10. The lowest BCUT2D eigenvalue weighted by Crippen LogP contribution is -2.40. The summed E-state index contributed by atoms with van der Waals surface area (Å²) in [5.74, 6) is 0. The first-order chi connectivity index (χ1) is 10.1. The molecule has 0 aliphatic carbocycles. The van der Waals surface area contributed by atoms with E-state index >= 15 is 0 Å². The minimum atomic E-state index is -3.54. The fourth-order valence-electron chi connectivity index (χ4n) is 2.18. The van der Waals surface area contributed by atoms with E-state index in [1.165, 1.54) is 0 Å². The lowest BCUT2D eigenvalue weighted by atomic mass is 10.1. The minimum Gasteiger partial charge on any atom is -0.335 e. The highest BCUT2D eigenvalue weighted by Gasteiger charge is 2.21. The summed E-state index contributed by atoms with van der Waals surface area (Å²) < 4.78 is 28.9. The second kappa shape index (κ2) is 5.59. The van der Waals surface area contributed by atoms with E-state index in [0.717, 1.165) is 11.3 Å². The van der Waals surface area contributed by atoms with Gasteiger partial charge in [0.15, 0.2) is 0 Å². The maximum atomic E-state index is 12.3. The van der Waals surface area contributed by atoms with Crippen LogP contribution in [0.3, 0.4) is 0 Å². The van der Waals surface area contributed by atoms with Crippen molar-refractivity contribution in [1.82, 2.24) is 9.29 Å². The average Bonchev–Trinajstić information content (AvgIpc) is 2.77. The summed E-state index contributed by atoms with van der Waals surface area (Å²) in [6, 6.07) is 12.3. The normalized spacial score (nSPS) is 12.1. The Morgan fingerprint density at radius 2 is 1.68 bits per heavy atom. The van der Waals surface area contributed by atoms with E-state index in [1.807, 2.05) is 6.07 Å². The van der Waals surface area contributed by atoms with Gasteiger partial charge in [-0.15, -0.1) is 0 Å². The highest BCUT2D eigenvalue weighted by molar-refractivity contribution is 7.89. The number of hydrogen-bond donors (Lipinski definition) is 1. The Morgan fingerprint density at radius 3 is 2.14 bits per heavy atom. The Labute approximate surface area is 131 Å². The highest BCUT2D eigenvalue weighted by atomic mass is 32.2. The van der Waals surface area contributed by atoms with Crippen molar-refractivity contribution in [3.05, 3.63) is 42.1 Å². The molecule has 0 unspecified atom stereocenters. The highest BCUT2D eigenvalue weighted by Crippen LogP contribution is 2.23. The predicted molar refractivity (Wildman–Crippen MR) is 85.6 cm³/mol. The third-order valence-corrected chi connectivity index (χ3v) is 4.91. The van der Waals surface area contributed by atoms with Crippen molar-refractivity contribution in [2.75, 3.05) is 0 Å². The van der Waals surface area contributed by atoms with Crippen molar-refractivity contribution in [1.29, 1.82) is 5.26 Å². The molecule has 22 heavy (non-hydrogen) atoms. The van der Waals surface area contributed by atoms with Gasteiger partial charge in [0.2, 0.25) is 10.0 Å². The first kappa shape index (κ1) is 16.3. The van der Waals surface area contributed by atoms with E-state index in [4.69, 9.17) is 5.26 Å². The van der Waals surface area contributed by atoms with Crippen LogP contribution in [0.25, 0.3) is 11.3 Å². The van der Waals surface area contributed by atoms with Crippen molar-refractivity contribution < 1.29 is 8.42 Å². The number of rotatable bonds is 3. The largest absolute Gasteiger partial charge is 0.335 e. The summed E-state index contributed by atoms with van der Waals surface area (Å²) >= 11 is 0. The van der Waals surface area contributed by atoms with Gasteiger partial charge in [-0.1, -0.05) is 12.1 Å². The molecule has 0 bridgehead atoms. The van der Waals surface area contributed by atoms with E-state index in [2.05, 4.69) is 10.8 Å². The van der Waals surface area contributed by atoms with Gasteiger partial charge < -0.3 is 4.57 Å². The van der Waals surface area contributed by atoms with Crippen LogP contribution in [0, 0.1) is 11.3 Å². The van der Waals surface area contributed by atoms with Crippen LogP contribution in [0.4, 0.5) is 0 Å². The minimum absolute atomic E-state index is 0.223. The molecular formula is C16H19N3O2S. The Bertz CT molecular complexity index is 820. The van der Waals surface area contributed by atoms with Crippen LogP contribution in [0.1, 0.15) is 26.5 Å². The summed E-state index contributed by atoms with van der Waals surface area (Å²) in [7, 11) is -1.73. The monoisotopic (exact) mass is 317 g/mol.